The summed E-state index contributed by atoms with van der Waals surface area (Å²) in [6.07, 6.45) is 70.3. The lowest BCUT2D eigenvalue weighted by Gasteiger charge is -2.24. The number of aliphatic hydroxyl groups excluding tert-OH is 2. The van der Waals surface area contributed by atoms with Gasteiger partial charge in [0.1, 0.15) is 6.10 Å². The van der Waals surface area contributed by atoms with Crippen LogP contribution in [0.5, 0.6) is 0 Å². The molecule has 6 heteroatoms. The van der Waals surface area contributed by atoms with Crippen molar-refractivity contribution in [2.45, 2.75) is 334 Å². The van der Waals surface area contributed by atoms with Crippen LogP contribution in [-0.4, -0.2) is 46.9 Å². The van der Waals surface area contributed by atoms with E-state index in [4.69, 9.17) is 4.74 Å². The van der Waals surface area contributed by atoms with E-state index in [0.717, 1.165) is 83.5 Å². The van der Waals surface area contributed by atoms with Crippen LogP contribution in [-0.2, 0) is 14.3 Å². The van der Waals surface area contributed by atoms with Crippen molar-refractivity contribution in [1.82, 2.24) is 5.32 Å². The number of hydrogen-bond acceptors (Lipinski definition) is 5. The molecule has 0 rings (SSSR count). The fourth-order valence-corrected chi connectivity index (χ4v) is 9.28. The van der Waals surface area contributed by atoms with Crippen molar-refractivity contribution in [3.63, 3.8) is 0 Å². The van der Waals surface area contributed by atoms with E-state index in [-0.39, 0.29) is 24.9 Å². The van der Waals surface area contributed by atoms with Crippen LogP contribution in [0.25, 0.3) is 0 Å². The molecule has 3 atom stereocenters. The number of amides is 1. The summed E-state index contributed by atoms with van der Waals surface area (Å²) >= 11 is 0. The van der Waals surface area contributed by atoms with E-state index >= 15 is 0 Å². The molecule has 6 nitrogen and oxygen atoms in total. The van der Waals surface area contributed by atoms with Gasteiger partial charge >= 0.3 is 5.97 Å². The maximum Gasteiger partial charge on any atom is 0.306 e. The maximum absolute atomic E-state index is 13.3. The van der Waals surface area contributed by atoms with Gasteiger partial charge < -0.3 is 20.3 Å². The molecule has 0 aromatic carbocycles. The van der Waals surface area contributed by atoms with Crippen LogP contribution in [0.2, 0.25) is 0 Å². The van der Waals surface area contributed by atoms with Gasteiger partial charge in [-0.05, 0) is 83.5 Å². The van der Waals surface area contributed by atoms with E-state index in [1.54, 1.807) is 0 Å². The number of allylic oxidation sites excluding steroid dienone is 8. The Morgan fingerprint density at radius 3 is 1.22 bits per heavy atom. The average molecular weight is 969 g/mol. The lowest BCUT2D eigenvalue weighted by Crippen LogP contribution is -2.46. The molecule has 0 saturated carbocycles. The Bertz CT molecular complexity index is 1180. The Hall–Kier alpha value is -2.18. The summed E-state index contributed by atoms with van der Waals surface area (Å²) in [6.45, 7) is 6.48. The highest BCUT2D eigenvalue weighted by molar-refractivity contribution is 5.77. The molecule has 0 aromatic heterocycles. The summed E-state index contributed by atoms with van der Waals surface area (Å²) in [4.78, 5) is 26.3. The minimum atomic E-state index is -0.796. The van der Waals surface area contributed by atoms with Gasteiger partial charge in [0.05, 0.1) is 25.2 Å². The largest absolute Gasteiger partial charge is 0.462 e. The summed E-state index contributed by atoms with van der Waals surface area (Å²) in [7, 11) is 0. The van der Waals surface area contributed by atoms with E-state index < -0.39 is 18.2 Å². The standard InChI is InChI=1S/C63H117NO5/c1-4-7-10-13-16-19-22-25-28-30-32-35-38-41-44-47-50-53-56-63(68)69-59(54-51-48-45-42-39-36-33-27-24-21-18-15-12-9-6-3)57-62(67)64-60(58-65)61(66)55-52-49-46-43-40-37-34-31-29-26-23-20-17-14-11-8-5-2/h18,21,27-28,30,32-33,35,59-61,65-66H,4-17,19-20,22-26,29,31,34,36-58H2,1-3H3,(H,64,67)/b21-18-,30-28+,33-27-,35-32+. The highest BCUT2D eigenvalue weighted by Crippen LogP contribution is 2.18. The molecule has 0 saturated heterocycles. The fraction of sp³-hybridized carbons (Fsp3) is 0.841. The van der Waals surface area contributed by atoms with Crippen LogP contribution >= 0.6 is 0 Å². The Balaban J connectivity index is 4.56. The minimum Gasteiger partial charge on any atom is -0.462 e. The zero-order valence-electron chi connectivity index (χ0n) is 46.2. The lowest BCUT2D eigenvalue weighted by molar-refractivity contribution is -0.151. The molecule has 0 radical (unpaired) electrons. The predicted octanol–water partition coefficient (Wildman–Crippen LogP) is 19.0. The maximum atomic E-state index is 13.3. The molecule has 69 heavy (non-hydrogen) atoms. The molecule has 3 N–H and O–H groups in total. The van der Waals surface area contributed by atoms with E-state index in [2.05, 4.69) is 74.7 Å². The van der Waals surface area contributed by atoms with Crippen molar-refractivity contribution in [2.24, 2.45) is 0 Å². The summed E-state index contributed by atoms with van der Waals surface area (Å²) in [5.74, 6) is -0.493. The SMILES string of the molecule is CCCCC/C=C\C/C=C\CCCCCCCC(CC(=O)NC(CO)C(O)CCCCCCCCCCCCCCCCCCC)OC(=O)CCCCCCC/C=C/C=C/CCCCCCCCC. The third-order valence-corrected chi connectivity index (χ3v) is 13.9. The van der Waals surface area contributed by atoms with Gasteiger partial charge in [0.2, 0.25) is 5.91 Å². The first-order valence-corrected chi connectivity index (χ1v) is 30.4. The third-order valence-electron chi connectivity index (χ3n) is 13.9. The number of unbranched alkanes of at least 4 members (excludes halogenated alkanes) is 36. The number of esters is 1. The normalized spacial score (nSPS) is 13.4. The van der Waals surface area contributed by atoms with Gasteiger partial charge in [-0.3, -0.25) is 9.59 Å². The lowest BCUT2D eigenvalue weighted by atomic mass is 10.0. The molecule has 0 aliphatic carbocycles. The fourth-order valence-electron chi connectivity index (χ4n) is 9.28. The highest BCUT2D eigenvalue weighted by Gasteiger charge is 2.24. The molecule has 3 unspecified atom stereocenters. The first-order valence-electron chi connectivity index (χ1n) is 30.4. The molecule has 0 aliphatic heterocycles. The molecule has 0 bridgehead atoms. The first kappa shape index (κ1) is 66.8. The van der Waals surface area contributed by atoms with Crippen LogP contribution in [0.4, 0.5) is 0 Å². The molecule has 0 fully saturated rings. The zero-order valence-corrected chi connectivity index (χ0v) is 46.2. The van der Waals surface area contributed by atoms with Crippen molar-refractivity contribution in [3.05, 3.63) is 48.6 Å². The topological polar surface area (TPSA) is 95.9 Å². The minimum absolute atomic E-state index is 0.0633. The number of aliphatic hydroxyl groups is 2. The number of carbonyl (C=O) groups is 2. The summed E-state index contributed by atoms with van der Waals surface area (Å²) < 4.78 is 5.96. The molecule has 1 amide bonds. The van der Waals surface area contributed by atoms with Crippen LogP contribution in [0.15, 0.2) is 48.6 Å². The van der Waals surface area contributed by atoms with Gasteiger partial charge in [0.15, 0.2) is 0 Å². The number of nitrogens with one attached hydrogen (secondary N) is 1. The van der Waals surface area contributed by atoms with Crippen molar-refractivity contribution < 1.29 is 24.5 Å². The molecule has 0 aliphatic rings. The van der Waals surface area contributed by atoms with Gasteiger partial charge in [-0.15, -0.1) is 0 Å². The Kier molecular flexibility index (Phi) is 54.9. The van der Waals surface area contributed by atoms with Crippen LogP contribution in [0, 0.1) is 0 Å². The molecular weight excluding hydrogens is 851 g/mol. The number of rotatable bonds is 55. The van der Waals surface area contributed by atoms with E-state index in [1.807, 2.05) is 0 Å². The molecule has 0 heterocycles. The Morgan fingerprint density at radius 2 is 0.783 bits per heavy atom. The van der Waals surface area contributed by atoms with Crippen molar-refractivity contribution in [2.75, 3.05) is 6.61 Å². The summed E-state index contributed by atoms with van der Waals surface area (Å²) in [5, 5.41) is 23.9. The van der Waals surface area contributed by atoms with Gasteiger partial charge in [-0.1, -0.05) is 268 Å². The Labute approximate surface area is 429 Å². The van der Waals surface area contributed by atoms with Gasteiger partial charge in [-0.25, -0.2) is 0 Å². The number of ether oxygens (including phenoxy) is 1. The zero-order chi connectivity index (χ0) is 50.2. The monoisotopic (exact) mass is 968 g/mol. The highest BCUT2D eigenvalue weighted by atomic mass is 16.5. The van der Waals surface area contributed by atoms with Crippen molar-refractivity contribution in [1.29, 1.82) is 0 Å². The second kappa shape index (κ2) is 56.7. The van der Waals surface area contributed by atoms with Gasteiger partial charge in [0, 0.05) is 6.42 Å². The van der Waals surface area contributed by atoms with Crippen molar-refractivity contribution >= 4 is 11.9 Å². The van der Waals surface area contributed by atoms with Gasteiger partial charge in [-0.2, -0.15) is 0 Å². The predicted molar refractivity (Wildman–Crippen MR) is 301 cm³/mol. The second-order valence-corrected chi connectivity index (χ2v) is 20.8. The number of hydrogen-bond donors (Lipinski definition) is 3. The van der Waals surface area contributed by atoms with Crippen LogP contribution in [0.1, 0.15) is 316 Å². The molecule has 0 spiro atoms. The van der Waals surface area contributed by atoms with Crippen LogP contribution in [0.3, 0.4) is 0 Å². The third kappa shape index (κ3) is 52.0. The van der Waals surface area contributed by atoms with E-state index in [1.165, 1.54) is 186 Å². The second-order valence-electron chi connectivity index (χ2n) is 20.8. The van der Waals surface area contributed by atoms with E-state index in [9.17, 15) is 19.8 Å². The summed E-state index contributed by atoms with van der Waals surface area (Å²) in [6, 6.07) is -0.711. The average Bonchev–Trinajstić information content (AvgIpc) is 3.34. The first-order chi connectivity index (χ1) is 34.0. The molecule has 404 valence electrons. The smallest absolute Gasteiger partial charge is 0.306 e. The summed E-state index contributed by atoms with van der Waals surface area (Å²) in [5.41, 5.74) is 0. The number of carbonyl (C=O) groups excluding carboxylic acids is 2. The Morgan fingerprint density at radius 1 is 0.435 bits per heavy atom. The van der Waals surface area contributed by atoms with Crippen LogP contribution < -0.4 is 5.32 Å². The quantitative estimate of drug-likeness (QED) is 0.0244. The van der Waals surface area contributed by atoms with E-state index in [0.29, 0.717) is 19.3 Å². The van der Waals surface area contributed by atoms with Crippen molar-refractivity contribution in [3.8, 4) is 0 Å². The van der Waals surface area contributed by atoms with Gasteiger partial charge in [0.25, 0.3) is 0 Å². The molecule has 0 aromatic rings. The molecular formula is C63H117NO5.